The van der Waals surface area contributed by atoms with Crippen LogP contribution in [0, 0.1) is 5.92 Å². The molecule has 1 unspecified atom stereocenters. The third kappa shape index (κ3) is 2.01. The Morgan fingerprint density at radius 3 is 2.17 bits per heavy atom. The number of nitrogens with zero attached hydrogens (tertiary/aromatic N) is 1. The second-order valence-corrected chi connectivity index (χ2v) is 5.15. The van der Waals surface area contributed by atoms with Crippen molar-refractivity contribution in [2.75, 3.05) is 11.4 Å². The van der Waals surface area contributed by atoms with Gasteiger partial charge >= 0.3 is 0 Å². The van der Waals surface area contributed by atoms with Gasteiger partial charge in [-0.1, -0.05) is 55.5 Å². The highest BCUT2D eigenvalue weighted by Crippen LogP contribution is 2.39. The summed E-state index contributed by atoms with van der Waals surface area (Å²) in [4.78, 5) is 2.54. The van der Waals surface area contributed by atoms with Crippen LogP contribution in [0.3, 0.4) is 0 Å². The normalized spacial score (nSPS) is 23.3. The molecular formula is C17H19N. The maximum Gasteiger partial charge on any atom is 0.0568 e. The first-order valence-electron chi connectivity index (χ1n) is 6.73. The van der Waals surface area contributed by atoms with E-state index >= 15 is 0 Å². The Hall–Kier alpha value is -1.76. The van der Waals surface area contributed by atoms with Crippen LogP contribution in [0.4, 0.5) is 5.69 Å². The number of hydrogen-bond donors (Lipinski definition) is 0. The molecule has 0 amide bonds. The fourth-order valence-electron chi connectivity index (χ4n) is 3.01. The molecule has 1 heteroatoms. The molecule has 0 radical (unpaired) electrons. The van der Waals surface area contributed by atoms with Gasteiger partial charge in [0.2, 0.25) is 0 Å². The Morgan fingerprint density at radius 2 is 1.50 bits per heavy atom. The molecule has 1 fully saturated rings. The standard InChI is InChI=1S/C17H19N/c1-14-12-13-18(16-10-6-3-7-11-16)17(14)15-8-4-2-5-9-15/h2-11,14,17H,12-13H2,1H3/t14-,17?/m0/s1. The predicted molar refractivity (Wildman–Crippen MR) is 76.8 cm³/mol. The second kappa shape index (κ2) is 4.85. The van der Waals surface area contributed by atoms with Gasteiger partial charge in [0, 0.05) is 12.2 Å². The number of anilines is 1. The van der Waals surface area contributed by atoms with Gasteiger partial charge in [-0.3, -0.25) is 0 Å². The van der Waals surface area contributed by atoms with Crippen molar-refractivity contribution < 1.29 is 0 Å². The fraction of sp³-hybridized carbons (Fsp3) is 0.294. The van der Waals surface area contributed by atoms with Crippen molar-refractivity contribution in [3.05, 3.63) is 66.2 Å². The summed E-state index contributed by atoms with van der Waals surface area (Å²) in [7, 11) is 0. The van der Waals surface area contributed by atoms with E-state index in [4.69, 9.17) is 0 Å². The lowest BCUT2D eigenvalue weighted by Gasteiger charge is -2.29. The van der Waals surface area contributed by atoms with Gasteiger partial charge in [0.25, 0.3) is 0 Å². The molecule has 0 aromatic heterocycles. The van der Waals surface area contributed by atoms with Crippen LogP contribution in [-0.2, 0) is 0 Å². The highest BCUT2D eigenvalue weighted by Gasteiger charge is 2.32. The zero-order valence-corrected chi connectivity index (χ0v) is 10.8. The summed E-state index contributed by atoms with van der Waals surface area (Å²) < 4.78 is 0. The summed E-state index contributed by atoms with van der Waals surface area (Å²) in [5.41, 5.74) is 2.78. The zero-order valence-electron chi connectivity index (χ0n) is 10.8. The Kier molecular flexibility index (Phi) is 3.06. The molecule has 0 N–H and O–H groups in total. The van der Waals surface area contributed by atoms with E-state index in [0.717, 1.165) is 6.54 Å². The van der Waals surface area contributed by atoms with Crippen LogP contribution in [0.25, 0.3) is 0 Å². The van der Waals surface area contributed by atoms with Crippen LogP contribution in [0.5, 0.6) is 0 Å². The largest absolute Gasteiger partial charge is 0.364 e. The molecule has 0 bridgehead atoms. The molecule has 2 atom stereocenters. The van der Waals surface area contributed by atoms with Crippen LogP contribution >= 0.6 is 0 Å². The Bertz CT molecular complexity index is 492. The minimum Gasteiger partial charge on any atom is -0.364 e. The predicted octanol–water partition coefficient (Wildman–Crippen LogP) is 4.27. The smallest absolute Gasteiger partial charge is 0.0568 e. The molecule has 1 aliphatic heterocycles. The lowest BCUT2D eigenvalue weighted by Crippen LogP contribution is -2.24. The van der Waals surface area contributed by atoms with Gasteiger partial charge in [-0.25, -0.2) is 0 Å². The minimum atomic E-state index is 0.522. The van der Waals surface area contributed by atoms with Crippen LogP contribution in [0.2, 0.25) is 0 Å². The number of benzene rings is 2. The highest BCUT2D eigenvalue weighted by molar-refractivity contribution is 5.50. The van der Waals surface area contributed by atoms with E-state index in [1.54, 1.807) is 0 Å². The number of hydrogen-bond acceptors (Lipinski definition) is 1. The molecule has 0 aliphatic carbocycles. The number of rotatable bonds is 2. The van der Waals surface area contributed by atoms with Gasteiger partial charge in [-0.2, -0.15) is 0 Å². The van der Waals surface area contributed by atoms with Crippen molar-refractivity contribution in [1.82, 2.24) is 0 Å². The molecule has 1 saturated heterocycles. The van der Waals surface area contributed by atoms with Crippen LogP contribution in [0.15, 0.2) is 60.7 Å². The van der Waals surface area contributed by atoms with E-state index in [9.17, 15) is 0 Å². The highest BCUT2D eigenvalue weighted by atomic mass is 15.2. The molecule has 0 spiro atoms. The third-order valence-electron chi connectivity index (χ3n) is 3.93. The minimum absolute atomic E-state index is 0.522. The van der Waals surface area contributed by atoms with Crippen molar-refractivity contribution in [2.45, 2.75) is 19.4 Å². The third-order valence-corrected chi connectivity index (χ3v) is 3.93. The Labute approximate surface area is 109 Å². The first kappa shape index (κ1) is 11.3. The van der Waals surface area contributed by atoms with Gasteiger partial charge in [0.1, 0.15) is 0 Å². The topological polar surface area (TPSA) is 3.24 Å². The van der Waals surface area contributed by atoms with Crippen molar-refractivity contribution in [1.29, 1.82) is 0 Å². The first-order valence-corrected chi connectivity index (χ1v) is 6.73. The van der Waals surface area contributed by atoms with E-state index in [0.29, 0.717) is 12.0 Å². The molecule has 0 saturated carbocycles. The zero-order chi connectivity index (χ0) is 12.4. The van der Waals surface area contributed by atoms with Crippen molar-refractivity contribution in [2.24, 2.45) is 5.92 Å². The van der Waals surface area contributed by atoms with E-state index in [2.05, 4.69) is 72.5 Å². The molecule has 18 heavy (non-hydrogen) atoms. The average Bonchev–Trinajstić information content (AvgIpc) is 2.83. The summed E-state index contributed by atoms with van der Waals surface area (Å²) in [5, 5.41) is 0. The van der Waals surface area contributed by atoms with Gasteiger partial charge in [0.05, 0.1) is 6.04 Å². The SMILES string of the molecule is C[C@H]1CCN(c2ccccc2)C1c1ccccc1. The summed E-state index contributed by atoms with van der Waals surface area (Å²) in [6.07, 6.45) is 1.27. The van der Waals surface area contributed by atoms with Crippen LogP contribution < -0.4 is 4.90 Å². The second-order valence-electron chi connectivity index (χ2n) is 5.15. The first-order chi connectivity index (χ1) is 8.86. The maximum atomic E-state index is 2.54. The summed E-state index contributed by atoms with van der Waals surface area (Å²) >= 11 is 0. The van der Waals surface area contributed by atoms with E-state index in [-0.39, 0.29) is 0 Å². The molecule has 1 nitrogen and oxygen atoms in total. The monoisotopic (exact) mass is 237 g/mol. The van der Waals surface area contributed by atoms with Crippen molar-refractivity contribution in [3.63, 3.8) is 0 Å². The fourth-order valence-corrected chi connectivity index (χ4v) is 3.01. The Morgan fingerprint density at radius 1 is 0.889 bits per heavy atom. The van der Waals surface area contributed by atoms with E-state index in [1.807, 2.05) is 0 Å². The summed E-state index contributed by atoms with van der Waals surface area (Å²) in [5.74, 6) is 0.715. The molecule has 2 aromatic rings. The average molecular weight is 237 g/mol. The van der Waals surface area contributed by atoms with Gasteiger partial charge < -0.3 is 4.90 Å². The lowest BCUT2D eigenvalue weighted by atomic mass is 9.95. The molecule has 3 rings (SSSR count). The molecular weight excluding hydrogens is 218 g/mol. The van der Waals surface area contributed by atoms with E-state index in [1.165, 1.54) is 17.7 Å². The van der Waals surface area contributed by atoms with Gasteiger partial charge in [-0.15, -0.1) is 0 Å². The number of para-hydroxylation sites is 1. The lowest BCUT2D eigenvalue weighted by molar-refractivity contribution is 0.533. The van der Waals surface area contributed by atoms with Crippen LogP contribution in [0.1, 0.15) is 24.9 Å². The van der Waals surface area contributed by atoms with Crippen molar-refractivity contribution >= 4 is 5.69 Å². The Balaban J connectivity index is 1.96. The maximum absolute atomic E-state index is 2.54. The van der Waals surface area contributed by atoms with Crippen LogP contribution in [-0.4, -0.2) is 6.54 Å². The summed E-state index contributed by atoms with van der Waals surface area (Å²) in [6.45, 7) is 3.52. The van der Waals surface area contributed by atoms with E-state index < -0.39 is 0 Å². The quantitative estimate of drug-likeness (QED) is 0.753. The molecule has 1 aliphatic rings. The van der Waals surface area contributed by atoms with Crippen molar-refractivity contribution in [3.8, 4) is 0 Å². The summed E-state index contributed by atoms with van der Waals surface area (Å²) in [6, 6.07) is 22.2. The molecule has 1 heterocycles. The molecule has 2 aromatic carbocycles. The van der Waals surface area contributed by atoms with Gasteiger partial charge in [-0.05, 0) is 30.0 Å². The molecule has 92 valence electrons. The van der Waals surface area contributed by atoms with Gasteiger partial charge in [0.15, 0.2) is 0 Å².